The molecule has 1 aromatic rings. The number of fused-ring (bicyclic) bond motifs is 1. The summed E-state index contributed by atoms with van der Waals surface area (Å²) in [4.78, 5) is 58.5. The summed E-state index contributed by atoms with van der Waals surface area (Å²) in [6, 6.07) is -1.03. The maximum absolute atomic E-state index is 13.2. The molecule has 0 bridgehead atoms. The summed E-state index contributed by atoms with van der Waals surface area (Å²) < 4.78 is 0. The summed E-state index contributed by atoms with van der Waals surface area (Å²) in [7, 11) is 0. The van der Waals surface area contributed by atoms with Crippen LogP contribution in [0.2, 0.25) is 0 Å². The minimum atomic E-state index is -1.28. The van der Waals surface area contributed by atoms with Crippen LogP contribution in [0.5, 0.6) is 0 Å². The maximum Gasteiger partial charge on any atom is 0.352 e. The number of anilines is 1. The number of β-lactam (4-membered cyclic amide) rings is 1. The van der Waals surface area contributed by atoms with Gasteiger partial charge in [-0.25, -0.2) is 9.78 Å². The third-order valence-corrected chi connectivity index (χ3v) is 9.04. The van der Waals surface area contributed by atoms with Gasteiger partial charge in [0.1, 0.15) is 22.8 Å². The molecular formula is C23H28N8O6S2. The zero-order valence-corrected chi connectivity index (χ0v) is 22.4. The summed E-state index contributed by atoms with van der Waals surface area (Å²) in [5.74, 6) is -2.68. The number of nitrogen functional groups attached to an aromatic ring is 1. The van der Waals surface area contributed by atoms with Crippen molar-refractivity contribution in [3.05, 3.63) is 33.5 Å². The number of thioether (sulfide) groups is 1. The van der Waals surface area contributed by atoms with Crippen LogP contribution in [0.1, 0.15) is 18.5 Å². The number of piperazine rings is 1. The van der Waals surface area contributed by atoms with E-state index in [9.17, 15) is 29.5 Å². The van der Waals surface area contributed by atoms with Crippen LogP contribution < -0.4 is 21.7 Å². The zero-order valence-electron chi connectivity index (χ0n) is 20.8. The molecule has 0 spiro atoms. The first kappa shape index (κ1) is 27.1. The van der Waals surface area contributed by atoms with Crippen LogP contribution in [0.4, 0.5) is 5.13 Å². The van der Waals surface area contributed by atoms with E-state index in [4.69, 9.17) is 5.73 Å². The Morgan fingerprint density at radius 1 is 1.26 bits per heavy atom. The highest BCUT2D eigenvalue weighted by atomic mass is 32.2. The molecule has 3 saturated heterocycles. The van der Waals surface area contributed by atoms with Crippen LogP contribution in [-0.2, 0) is 19.2 Å². The molecule has 208 valence electrons. The molecule has 3 fully saturated rings. The third-order valence-electron chi connectivity index (χ3n) is 7.09. The molecular weight excluding hydrogens is 548 g/mol. The van der Waals surface area contributed by atoms with Crippen LogP contribution in [0.3, 0.4) is 0 Å². The van der Waals surface area contributed by atoms with Crippen LogP contribution in [0, 0.1) is 0 Å². The molecule has 7 N–H and O–H groups in total. The van der Waals surface area contributed by atoms with E-state index < -0.39 is 34.9 Å². The van der Waals surface area contributed by atoms with E-state index in [0.717, 1.165) is 37.5 Å². The van der Waals surface area contributed by atoms with Crippen LogP contribution in [-0.4, -0.2) is 111 Å². The molecule has 5 heterocycles. The van der Waals surface area contributed by atoms with Crippen molar-refractivity contribution < 1.29 is 29.5 Å². The number of oxime groups is 1. The van der Waals surface area contributed by atoms with Crippen molar-refractivity contribution in [2.24, 2.45) is 5.16 Å². The topological polar surface area (TPSA) is 203 Å². The average Bonchev–Trinajstić information content (AvgIpc) is 3.55. The molecule has 4 aliphatic rings. The van der Waals surface area contributed by atoms with Gasteiger partial charge in [-0.3, -0.25) is 19.3 Å². The second-order valence-electron chi connectivity index (χ2n) is 9.32. The molecule has 0 saturated carbocycles. The van der Waals surface area contributed by atoms with Crippen molar-refractivity contribution >= 4 is 57.6 Å². The number of rotatable bonds is 8. The van der Waals surface area contributed by atoms with Gasteiger partial charge in [-0.2, -0.15) is 0 Å². The molecule has 14 nitrogen and oxygen atoms in total. The number of thiazole rings is 1. The summed E-state index contributed by atoms with van der Waals surface area (Å²) >= 11 is 2.37. The van der Waals surface area contributed by atoms with Crippen molar-refractivity contribution in [3.8, 4) is 0 Å². The maximum atomic E-state index is 13.2. The van der Waals surface area contributed by atoms with Gasteiger partial charge in [-0.05, 0) is 24.0 Å². The van der Waals surface area contributed by atoms with Crippen molar-refractivity contribution in [3.63, 3.8) is 0 Å². The number of hydrogen-bond acceptors (Lipinski definition) is 12. The van der Waals surface area contributed by atoms with Crippen molar-refractivity contribution in [2.75, 3.05) is 50.8 Å². The Labute approximate surface area is 231 Å². The SMILES string of the molecule is Nc1nc(C(=NO)C(=O)N[C@@H]2C(=O)N3C(C(=O)O)=C(C(CCN4CCNCC4)=C4CCNC4=O)CS[C@H]23)cs1. The lowest BCUT2D eigenvalue weighted by molar-refractivity contribution is -0.150. The molecule has 0 radical (unpaired) electrons. The lowest BCUT2D eigenvalue weighted by Gasteiger charge is -2.49. The van der Waals surface area contributed by atoms with Gasteiger partial charge in [-0.15, -0.1) is 23.1 Å². The standard InChI is InChI=1S/C23H28N8O6S2/c24-23-27-14(10-39-23)15(29-37)19(33)28-16-20(34)31-17(22(35)36)13(9-38-21(16)31)11(12-1-3-26-18(12)32)2-6-30-7-4-25-5-8-30/h10,16,21,25,37H,1-9H2,(H2,24,27)(H,26,32)(H,28,33)(H,35,36)/t16-,21-/m1/s1. The molecule has 16 heteroatoms. The van der Waals surface area contributed by atoms with Crippen molar-refractivity contribution in [2.45, 2.75) is 24.3 Å². The molecule has 3 amide bonds. The highest BCUT2D eigenvalue weighted by molar-refractivity contribution is 8.00. The Morgan fingerprint density at radius 3 is 2.64 bits per heavy atom. The van der Waals surface area contributed by atoms with Gasteiger partial charge in [0.05, 0.1) is 0 Å². The predicted molar refractivity (Wildman–Crippen MR) is 143 cm³/mol. The number of hydrogen-bond donors (Lipinski definition) is 6. The number of carbonyl (C=O) groups is 4. The second kappa shape index (κ2) is 11.3. The first-order chi connectivity index (χ1) is 18.8. The number of nitrogens with one attached hydrogen (secondary N) is 3. The number of aromatic nitrogens is 1. The fourth-order valence-corrected chi connectivity index (χ4v) is 7.10. The van der Waals surface area contributed by atoms with E-state index in [1.54, 1.807) is 0 Å². The zero-order chi connectivity index (χ0) is 27.7. The van der Waals surface area contributed by atoms with Gasteiger partial charge in [0.25, 0.3) is 11.8 Å². The summed E-state index contributed by atoms with van der Waals surface area (Å²) in [5.41, 5.74) is 6.77. The number of carbonyl (C=O) groups excluding carboxylic acids is 3. The average molecular weight is 577 g/mol. The molecule has 4 aliphatic heterocycles. The van der Waals surface area contributed by atoms with Crippen molar-refractivity contribution in [1.82, 2.24) is 30.7 Å². The van der Waals surface area contributed by atoms with Gasteiger partial charge >= 0.3 is 5.97 Å². The van der Waals surface area contributed by atoms with E-state index in [1.165, 1.54) is 22.0 Å². The minimum Gasteiger partial charge on any atom is -0.477 e. The first-order valence-electron chi connectivity index (χ1n) is 12.4. The molecule has 0 unspecified atom stereocenters. The van der Waals surface area contributed by atoms with Gasteiger partial charge in [-0.1, -0.05) is 5.16 Å². The van der Waals surface area contributed by atoms with E-state index >= 15 is 0 Å². The van der Waals surface area contributed by atoms with Crippen LogP contribution in [0.25, 0.3) is 0 Å². The normalized spacial score (nSPS) is 25.2. The molecule has 0 aliphatic carbocycles. The molecule has 0 aromatic carbocycles. The first-order valence-corrected chi connectivity index (χ1v) is 14.3. The number of nitrogens with two attached hydrogens (primary N) is 1. The number of carboxylic acid groups (broad SMARTS) is 1. The summed E-state index contributed by atoms with van der Waals surface area (Å²) in [6.45, 7) is 4.58. The van der Waals surface area contributed by atoms with E-state index in [-0.39, 0.29) is 28.2 Å². The Bertz CT molecular complexity index is 1300. The fraction of sp³-hybridized carbons (Fsp3) is 0.478. The Morgan fingerprint density at radius 2 is 2.03 bits per heavy atom. The Kier molecular flexibility index (Phi) is 7.88. The summed E-state index contributed by atoms with van der Waals surface area (Å²) in [6.07, 6.45) is 0.965. The van der Waals surface area contributed by atoms with Crippen molar-refractivity contribution in [1.29, 1.82) is 0 Å². The van der Waals surface area contributed by atoms with E-state index in [1.807, 2.05) is 0 Å². The number of carboxylic acids is 1. The lowest BCUT2D eigenvalue weighted by Crippen LogP contribution is -2.71. The van der Waals surface area contributed by atoms with Gasteiger partial charge in [0, 0.05) is 56.0 Å². The third kappa shape index (κ3) is 5.24. The Hall–Kier alpha value is -3.47. The van der Waals surface area contributed by atoms with Gasteiger partial charge in [0.2, 0.25) is 5.91 Å². The second-order valence-corrected chi connectivity index (χ2v) is 11.3. The van der Waals surface area contributed by atoms with Crippen LogP contribution >= 0.6 is 23.1 Å². The predicted octanol–water partition coefficient (Wildman–Crippen LogP) is -1.25. The molecule has 5 rings (SSSR count). The van der Waals surface area contributed by atoms with Gasteiger partial charge < -0.3 is 36.9 Å². The highest BCUT2D eigenvalue weighted by Gasteiger charge is 2.55. The highest BCUT2D eigenvalue weighted by Crippen LogP contribution is 2.43. The molecule has 39 heavy (non-hydrogen) atoms. The number of nitrogens with zero attached hydrogens (tertiary/aromatic N) is 4. The van der Waals surface area contributed by atoms with E-state index in [2.05, 4.69) is 31.0 Å². The smallest absolute Gasteiger partial charge is 0.352 e. The van der Waals surface area contributed by atoms with E-state index in [0.29, 0.717) is 42.7 Å². The monoisotopic (exact) mass is 576 g/mol. The molecule has 1 aromatic heterocycles. The van der Waals surface area contributed by atoms with Gasteiger partial charge in [0.15, 0.2) is 10.8 Å². The number of aliphatic carboxylic acids is 1. The number of amides is 3. The van der Waals surface area contributed by atoms with Crippen LogP contribution in [0.15, 0.2) is 33.0 Å². The fourth-order valence-electron chi connectivity index (χ4n) is 5.17. The largest absolute Gasteiger partial charge is 0.477 e. The minimum absolute atomic E-state index is 0.0569. The molecule has 2 atom stereocenters. The summed E-state index contributed by atoms with van der Waals surface area (Å²) in [5, 5.41) is 32.2. The lowest BCUT2D eigenvalue weighted by atomic mass is 9.92. The quantitative estimate of drug-likeness (QED) is 0.0710. The Balaban J connectivity index is 1.39.